The minimum atomic E-state index is 1.11. The molecule has 0 amide bonds. The number of rotatable bonds is 11. The van der Waals surface area contributed by atoms with Gasteiger partial charge >= 0.3 is 0 Å². The minimum Gasteiger partial charge on any atom is -0.328 e. The number of hydrogen-bond acceptors (Lipinski definition) is 0. The van der Waals surface area contributed by atoms with Crippen molar-refractivity contribution in [2.45, 2.75) is 25.7 Å². The van der Waals surface area contributed by atoms with Crippen molar-refractivity contribution in [2.24, 2.45) is 0 Å². The van der Waals surface area contributed by atoms with Crippen molar-refractivity contribution >= 4 is 31.9 Å². The Morgan fingerprint density at radius 2 is 0.889 bits per heavy atom. The van der Waals surface area contributed by atoms with Crippen LogP contribution >= 0.6 is 31.9 Å². The largest absolute Gasteiger partial charge is 0.328 e. The molecule has 0 rings (SSSR count). The Hall–Kier alpha value is 0.880. The van der Waals surface area contributed by atoms with Gasteiger partial charge in [-0.2, -0.15) is 0 Å². The molecule has 0 heterocycles. The molecule has 0 saturated carbocycles. The molecule has 2 nitrogen and oxygen atoms in total. The number of halogens is 2. The molecule has 0 saturated heterocycles. The Balaban J connectivity index is 3.52. The van der Waals surface area contributed by atoms with E-state index in [0.29, 0.717) is 0 Å². The lowest BCUT2D eigenvalue weighted by Gasteiger charge is -2.30. The number of unbranched alkanes of at least 4 members (excludes halogenated alkanes) is 3. The number of alkyl halides is 2. The first-order chi connectivity index (χ1) is 8.33. The van der Waals surface area contributed by atoms with Crippen molar-refractivity contribution in [1.29, 1.82) is 0 Å². The first-order valence-electron chi connectivity index (χ1n) is 7.09. The number of hydrogen-bond donors (Lipinski definition) is 0. The molecule has 0 aromatic rings. The van der Waals surface area contributed by atoms with Crippen LogP contribution in [0.15, 0.2) is 0 Å². The summed E-state index contributed by atoms with van der Waals surface area (Å²) in [5.74, 6) is 0. The Morgan fingerprint density at radius 3 is 1.17 bits per heavy atom. The molecule has 0 aliphatic heterocycles. The van der Waals surface area contributed by atoms with Crippen molar-refractivity contribution in [3.05, 3.63) is 0 Å². The predicted molar refractivity (Wildman–Crippen MR) is 89.7 cm³/mol. The van der Waals surface area contributed by atoms with Gasteiger partial charge in [-0.05, 0) is 25.7 Å². The highest BCUT2D eigenvalue weighted by molar-refractivity contribution is 9.09. The van der Waals surface area contributed by atoms with E-state index in [9.17, 15) is 0 Å². The van der Waals surface area contributed by atoms with Gasteiger partial charge in [-0.15, -0.1) is 0 Å². The van der Waals surface area contributed by atoms with Crippen LogP contribution in [0.4, 0.5) is 0 Å². The standard InChI is InChI=1S/C14H32Br2N2/c1-17(2,13-9-15)11-7-5-6-8-12-18(3,4)14-10-16/h5-14H2,1-4H3/q+2. The van der Waals surface area contributed by atoms with E-state index in [-0.39, 0.29) is 0 Å². The quantitative estimate of drug-likeness (QED) is 0.289. The van der Waals surface area contributed by atoms with Crippen molar-refractivity contribution in [3.8, 4) is 0 Å². The molecule has 0 aromatic carbocycles. The van der Waals surface area contributed by atoms with Crippen LogP contribution in [0.3, 0.4) is 0 Å². The Kier molecular flexibility index (Phi) is 10.2. The van der Waals surface area contributed by atoms with Gasteiger partial charge in [-0.1, -0.05) is 31.9 Å². The summed E-state index contributed by atoms with van der Waals surface area (Å²) in [5, 5.41) is 2.22. The lowest BCUT2D eigenvalue weighted by molar-refractivity contribution is -0.888. The van der Waals surface area contributed by atoms with Crippen LogP contribution in [0, 0.1) is 0 Å². The predicted octanol–water partition coefficient (Wildman–Crippen LogP) is 3.49. The number of nitrogens with zero attached hydrogens (tertiary/aromatic N) is 2. The molecule has 0 aliphatic rings. The summed E-state index contributed by atoms with van der Waals surface area (Å²) >= 11 is 7.07. The van der Waals surface area contributed by atoms with E-state index in [0.717, 1.165) is 19.6 Å². The van der Waals surface area contributed by atoms with Crippen molar-refractivity contribution < 1.29 is 8.97 Å². The van der Waals surface area contributed by atoms with Gasteiger partial charge in [-0.25, -0.2) is 0 Å². The average molecular weight is 388 g/mol. The van der Waals surface area contributed by atoms with Gasteiger partial charge in [0.25, 0.3) is 0 Å². The van der Waals surface area contributed by atoms with Crippen LogP contribution in [-0.2, 0) is 0 Å². The Morgan fingerprint density at radius 1 is 0.556 bits per heavy atom. The highest BCUT2D eigenvalue weighted by Gasteiger charge is 2.14. The lowest BCUT2D eigenvalue weighted by Crippen LogP contribution is -2.42. The van der Waals surface area contributed by atoms with Gasteiger partial charge < -0.3 is 8.97 Å². The van der Waals surface area contributed by atoms with E-state index < -0.39 is 0 Å². The van der Waals surface area contributed by atoms with Crippen LogP contribution in [0.2, 0.25) is 0 Å². The highest BCUT2D eigenvalue weighted by Crippen LogP contribution is 2.09. The molecule has 110 valence electrons. The molecular formula is C14H32Br2N2+2. The van der Waals surface area contributed by atoms with E-state index in [2.05, 4.69) is 60.1 Å². The van der Waals surface area contributed by atoms with Crippen LogP contribution in [0.5, 0.6) is 0 Å². The van der Waals surface area contributed by atoms with E-state index in [1.807, 2.05) is 0 Å². The second kappa shape index (κ2) is 9.73. The summed E-state index contributed by atoms with van der Waals surface area (Å²) in [7, 11) is 9.32. The molecule has 0 radical (unpaired) electrons. The van der Waals surface area contributed by atoms with Gasteiger partial charge in [0, 0.05) is 0 Å². The van der Waals surface area contributed by atoms with Gasteiger partial charge in [-0.3, -0.25) is 0 Å². The maximum absolute atomic E-state index is 3.53. The van der Waals surface area contributed by atoms with Crippen molar-refractivity contribution in [2.75, 3.05) is 65.0 Å². The van der Waals surface area contributed by atoms with Crippen LogP contribution < -0.4 is 0 Å². The summed E-state index contributed by atoms with van der Waals surface area (Å²) in [5.41, 5.74) is 0. The third-order valence-corrected chi connectivity index (χ3v) is 4.37. The third kappa shape index (κ3) is 10.8. The van der Waals surface area contributed by atoms with Crippen LogP contribution in [0.25, 0.3) is 0 Å². The van der Waals surface area contributed by atoms with Crippen molar-refractivity contribution in [3.63, 3.8) is 0 Å². The van der Waals surface area contributed by atoms with Crippen LogP contribution in [-0.4, -0.2) is 74.0 Å². The maximum atomic E-state index is 3.53. The molecule has 0 aromatic heterocycles. The first-order valence-corrected chi connectivity index (χ1v) is 9.33. The average Bonchev–Trinajstić information content (AvgIpc) is 2.22. The molecule has 18 heavy (non-hydrogen) atoms. The normalized spacial score (nSPS) is 13.0. The molecule has 0 unspecified atom stereocenters. The molecule has 0 aliphatic carbocycles. The summed E-state index contributed by atoms with van der Waals surface area (Å²) in [6.45, 7) is 5.08. The van der Waals surface area contributed by atoms with Gasteiger partial charge in [0.2, 0.25) is 0 Å². The second-order valence-electron chi connectivity index (χ2n) is 6.56. The molecule has 0 bridgehead atoms. The second-order valence-corrected chi connectivity index (χ2v) is 8.14. The summed E-state index contributed by atoms with van der Waals surface area (Å²) < 4.78 is 2.30. The monoisotopic (exact) mass is 386 g/mol. The molecule has 0 spiro atoms. The fourth-order valence-electron chi connectivity index (χ4n) is 2.11. The molecule has 0 atom stereocenters. The third-order valence-electron chi connectivity index (χ3n) is 3.66. The zero-order chi connectivity index (χ0) is 14.1. The van der Waals surface area contributed by atoms with E-state index in [1.165, 1.54) is 51.9 Å². The van der Waals surface area contributed by atoms with Gasteiger partial charge in [0.15, 0.2) is 0 Å². The SMILES string of the molecule is C[N+](C)(CCBr)CCCCCC[N+](C)(C)CCBr. The van der Waals surface area contributed by atoms with E-state index in [4.69, 9.17) is 0 Å². The number of quaternary nitrogens is 2. The fourth-order valence-corrected chi connectivity index (χ4v) is 4.03. The zero-order valence-electron chi connectivity index (χ0n) is 12.7. The Bertz CT molecular complexity index is 184. The smallest absolute Gasteiger partial charge is 0.0880 e. The van der Waals surface area contributed by atoms with Gasteiger partial charge in [0.1, 0.15) is 0 Å². The lowest BCUT2D eigenvalue weighted by atomic mass is 10.1. The zero-order valence-corrected chi connectivity index (χ0v) is 15.9. The summed E-state index contributed by atoms with van der Waals surface area (Å²) in [6, 6.07) is 0. The van der Waals surface area contributed by atoms with Crippen LogP contribution in [0.1, 0.15) is 25.7 Å². The highest BCUT2D eigenvalue weighted by atomic mass is 79.9. The minimum absolute atomic E-state index is 1.11. The first kappa shape index (κ1) is 18.9. The van der Waals surface area contributed by atoms with E-state index >= 15 is 0 Å². The molecule has 4 heteroatoms. The summed E-state index contributed by atoms with van der Waals surface area (Å²) in [4.78, 5) is 0. The molecule has 0 N–H and O–H groups in total. The Labute approximate surface area is 131 Å². The van der Waals surface area contributed by atoms with Crippen molar-refractivity contribution in [1.82, 2.24) is 0 Å². The fraction of sp³-hybridized carbons (Fsp3) is 1.00. The van der Waals surface area contributed by atoms with E-state index in [1.54, 1.807) is 0 Å². The van der Waals surface area contributed by atoms with Gasteiger partial charge in [0.05, 0.1) is 65.0 Å². The molecular weight excluding hydrogens is 356 g/mol. The topological polar surface area (TPSA) is 0 Å². The molecule has 0 fully saturated rings. The maximum Gasteiger partial charge on any atom is 0.0880 e. The summed E-state index contributed by atoms with van der Waals surface area (Å²) in [6.07, 6.45) is 5.51.